The summed E-state index contributed by atoms with van der Waals surface area (Å²) < 4.78 is 0.933. The lowest BCUT2D eigenvalue weighted by molar-refractivity contribution is 0.706. The van der Waals surface area contributed by atoms with Gasteiger partial charge in [0.1, 0.15) is 0 Å². The van der Waals surface area contributed by atoms with Crippen molar-refractivity contribution in [1.29, 1.82) is 5.26 Å². The molecular weight excluding hydrogens is 312 g/mol. The molecule has 0 aromatic heterocycles. The Labute approximate surface area is 128 Å². The number of aryl methyl sites for hydroxylation is 1. The third kappa shape index (κ3) is 4.11. The average Bonchev–Trinajstić information content (AvgIpc) is 2.48. The van der Waals surface area contributed by atoms with Crippen LogP contribution in [-0.4, -0.2) is 6.04 Å². The maximum absolute atomic E-state index is 8.85. The van der Waals surface area contributed by atoms with Gasteiger partial charge < -0.3 is 5.32 Å². The highest BCUT2D eigenvalue weighted by atomic mass is 79.9. The molecule has 20 heavy (non-hydrogen) atoms. The summed E-state index contributed by atoms with van der Waals surface area (Å²) in [4.78, 5) is 0. The van der Waals surface area contributed by atoms with Crippen LogP contribution in [0.2, 0.25) is 0 Å². The van der Waals surface area contributed by atoms with Crippen molar-refractivity contribution in [3.05, 3.63) is 64.1 Å². The van der Waals surface area contributed by atoms with Gasteiger partial charge in [-0.05, 0) is 59.5 Å². The van der Waals surface area contributed by atoms with Gasteiger partial charge in [0, 0.05) is 16.2 Å². The number of nitrogens with one attached hydrogen (secondary N) is 1. The number of anilines is 1. The van der Waals surface area contributed by atoms with Crippen LogP contribution in [0.3, 0.4) is 0 Å². The van der Waals surface area contributed by atoms with E-state index in [0.717, 1.165) is 23.0 Å². The lowest BCUT2D eigenvalue weighted by atomic mass is 10.1. The Balaban J connectivity index is 1.91. The standard InChI is InChI=1S/C17H17BrN2/c1-13(7-8-14-5-3-2-4-6-14)20-17-10-9-15(12-19)11-16(17)18/h2-6,9-11,13,20H,7-8H2,1H3. The highest BCUT2D eigenvalue weighted by Gasteiger charge is 2.06. The van der Waals surface area contributed by atoms with E-state index in [1.807, 2.05) is 24.3 Å². The summed E-state index contributed by atoms with van der Waals surface area (Å²) in [6.45, 7) is 2.17. The molecule has 0 aliphatic rings. The molecule has 0 aliphatic carbocycles. The molecule has 1 N–H and O–H groups in total. The lowest BCUT2D eigenvalue weighted by Crippen LogP contribution is -2.16. The lowest BCUT2D eigenvalue weighted by Gasteiger charge is -2.16. The van der Waals surface area contributed by atoms with Crippen LogP contribution < -0.4 is 5.32 Å². The molecule has 1 unspecified atom stereocenters. The predicted octanol–water partition coefficient (Wildman–Crippen LogP) is 4.75. The number of halogens is 1. The van der Waals surface area contributed by atoms with Crippen molar-refractivity contribution >= 4 is 21.6 Å². The third-order valence-electron chi connectivity index (χ3n) is 3.21. The van der Waals surface area contributed by atoms with Crippen molar-refractivity contribution in [2.24, 2.45) is 0 Å². The van der Waals surface area contributed by atoms with E-state index in [0.29, 0.717) is 11.6 Å². The minimum atomic E-state index is 0.374. The molecule has 0 amide bonds. The maximum Gasteiger partial charge on any atom is 0.0992 e. The monoisotopic (exact) mass is 328 g/mol. The molecule has 0 saturated heterocycles. The molecule has 2 nitrogen and oxygen atoms in total. The Morgan fingerprint density at radius 3 is 2.60 bits per heavy atom. The molecule has 0 radical (unpaired) electrons. The molecule has 0 spiro atoms. The molecule has 0 saturated carbocycles. The van der Waals surface area contributed by atoms with E-state index >= 15 is 0 Å². The Hall–Kier alpha value is -1.79. The number of benzene rings is 2. The average molecular weight is 329 g/mol. The first-order chi connectivity index (χ1) is 9.69. The highest BCUT2D eigenvalue weighted by Crippen LogP contribution is 2.24. The minimum absolute atomic E-state index is 0.374. The van der Waals surface area contributed by atoms with Crippen LogP contribution in [0.25, 0.3) is 0 Å². The maximum atomic E-state index is 8.85. The summed E-state index contributed by atoms with van der Waals surface area (Å²) in [5.74, 6) is 0. The van der Waals surface area contributed by atoms with Crippen LogP contribution in [0.1, 0.15) is 24.5 Å². The van der Waals surface area contributed by atoms with Crippen molar-refractivity contribution in [1.82, 2.24) is 0 Å². The SMILES string of the molecule is CC(CCc1ccccc1)Nc1ccc(C#N)cc1Br. The predicted molar refractivity (Wildman–Crippen MR) is 86.7 cm³/mol. The second-order valence-corrected chi connectivity index (χ2v) is 5.73. The molecule has 0 heterocycles. The normalized spacial score (nSPS) is 11.7. The van der Waals surface area contributed by atoms with Crippen molar-refractivity contribution < 1.29 is 0 Å². The number of rotatable bonds is 5. The van der Waals surface area contributed by atoms with Crippen LogP contribution in [0.15, 0.2) is 53.0 Å². The second kappa shape index (κ2) is 7.12. The Morgan fingerprint density at radius 1 is 1.20 bits per heavy atom. The molecule has 2 aromatic rings. The molecule has 102 valence electrons. The summed E-state index contributed by atoms with van der Waals surface area (Å²) >= 11 is 3.50. The number of nitrogens with zero attached hydrogens (tertiary/aromatic N) is 1. The fourth-order valence-electron chi connectivity index (χ4n) is 2.07. The van der Waals surface area contributed by atoms with Crippen molar-refractivity contribution in [3.63, 3.8) is 0 Å². The van der Waals surface area contributed by atoms with Crippen LogP contribution in [0, 0.1) is 11.3 Å². The summed E-state index contributed by atoms with van der Waals surface area (Å²) in [6, 6.07) is 18.6. The van der Waals surface area contributed by atoms with E-state index in [2.05, 4.69) is 58.5 Å². The molecule has 2 rings (SSSR count). The highest BCUT2D eigenvalue weighted by molar-refractivity contribution is 9.10. The van der Waals surface area contributed by atoms with E-state index in [1.54, 1.807) is 0 Å². The second-order valence-electron chi connectivity index (χ2n) is 4.88. The van der Waals surface area contributed by atoms with E-state index in [9.17, 15) is 0 Å². The summed E-state index contributed by atoms with van der Waals surface area (Å²) in [7, 11) is 0. The van der Waals surface area contributed by atoms with Gasteiger partial charge in [-0.25, -0.2) is 0 Å². The molecule has 2 aromatic carbocycles. The van der Waals surface area contributed by atoms with Gasteiger partial charge in [-0.1, -0.05) is 30.3 Å². The summed E-state index contributed by atoms with van der Waals surface area (Å²) in [5.41, 5.74) is 3.06. The fourth-order valence-corrected chi connectivity index (χ4v) is 2.56. The first-order valence-corrected chi connectivity index (χ1v) is 7.48. The molecule has 3 heteroatoms. The van der Waals surface area contributed by atoms with Crippen molar-refractivity contribution in [2.75, 3.05) is 5.32 Å². The summed E-state index contributed by atoms with van der Waals surface area (Å²) in [6.07, 6.45) is 2.12. The van der Waals surface area contributed by atoms with E-state index in [4.69, 9.17) is 5.26 Å². The van der Waals surface area contributed by atoms with Crippen molar-refractivity contribution in [2.45, 2.75) is 25.8 Å². The zero-order chi connectivity index (χ0) is 14.4. The number of hydrogen-bond donors (Lipinski definition) is 1. The van der Waals surface area contributed by atoms with E-state index in [-0.39, 0.29) is 0 Å². The van der Waals surface area contributed by atoms with Gasteiger partial charge in [-0.3, -0.25) is 0 Å². The molecule has 0 fully saturated rings. The fraction of sp³-hybridized carbons (Fsp3) is 0.235. The zero-order valence-corrected chi connectivity index (χ0v) is 13.0. The Kier molecular flexibility index (Phi) is 5.20. The smallest absolute Gasteiger partial charge is 0.0992 e. The topological polar surface area (TPSA) is 35.8 Å². The van der Waals surface area contributed by atoms with E-state index < -0.39 is 0 Å². The van der Waals surface area contributed by atoms with Gasteiger partial charge in [0.2, 0.25) is 0 Å². The van der Waals surface area contributed by atoms with Gasteiger partial charge in [-0.2, -0.15) is 5.26 Å². The quantitative estimate of drug-likeness (QED) is 0.859. The third-order valence-corrected chi connectivity index (χ3v) is 3.87. The number of hydrogen-bond acceptors (Lipinski definition) is 2. The molecule has 0 aliphatic heterocycles. The van der Waals surface area contributed by atoms with Crippen LogP contribution >= 0.6 is 15.9 Å². The first kappa shape index (κ1) is 14.6. The van der Waals surface area contributed by atoms with Gasteiger partial charge >= 0.3 is 0 Å². The molecular formula is C17H17BrN2. The summed E-state index contributed by atoms with van der Waals surface area (Å²) in [5, 5.41) is 12.3. The van der Waals surface area contributed by atoms with Crippen LogP contribution in [0.4, 0.5) is 5.69 Å². The van der Waals surface area contributed by atoms with Gasteiger partial charge in [-0.15, -0.1) is 0 Å². The van der Waals surface area contributed by atoms with Crippen LogP contribution in [0.5, 0.6) is 0 Å². The molecule has 1 atom stereocenters. The van der Waals surface area contributed by atoms with Crippen molar-refractivity contribution in [3.8, 4) is 6.07 Å². The minimum Gasteiger partial charge on any atom is -0.382 e. The van der Waals surface area contributed by atoms with Gasteiger partial charge in [0.25, 0.3) is 0 Å². The Bertz CT molecular complexity index is 602. The first-order valence-electron chi connectivity index (χ1n) is 6.69. The number of nitriles is 1. The zero-order valence-electron chi connectivity index (χ0n) is 11.4. The van der Waals surface area contributed by atoms with Crippen LogP contribution in [-0.2, 0) is 6.42 Å². The largest absolute Gasteiger partial charge is 0.382 e. The van der Waals surface area contributed by atoms with Gasteiger partial charge in [0.15, 0.2) is 0 Å². The Morgan fingerprint density at radius 2 is 1.95 bits per heavy atom. The molecule has 0 bridgehead atoms. The van der Waals surface area contributed by atoms with Gasteiger partial charge in [0.05, 0.1) is 11.6 Å². The van der Waals surface area contributed by atoms with E-state index in [1.165, 1.54) is 5.56 Å².